The van der Waals surface area contributed by atoms with Crippen LogP contribution < -0.4 is 14.8 Å². The number of para-hydroxylation sites is 1. The molecule has 0 saturated heterocycles. The highest BCUT2D eigenvalue weighted by Gasteiger charge is 2.29. The summed E-state index contributed by atoms with van der Waals surface area (Å²) in [7, 11) is 4.42. The molecule has 178 valence electrons. The second kappa shape index (κ2) is 9.99. The van der Waals surface area contributed by atoms with Crippen molar-refractivity contribution in [3.8, 4) is 17.2 Å². The highest BCUT2D eigenvalue weighted by Crippen LogP contribution is 2.32. The first kappa shape index (κ1) is 23.4. The summed E-state index contributed by atoms with van der Waals surface area (Å²) in [5.41, 5.74) is 5.17. The minimum Gasteiger partial charge on any atom is -0.493 e. The molecule has 1 aliphatic rings. The van der Waals surface area contributed by atoms with Gasteiger partial charge < -0.3 is 19.5 Å². The Balaban J connectivity index is 1.68. The van der Waals surface area contributed by atoms with E-state index < -0.39 is 12.0 Å². The first-order valence-electron chi connectivity index (χ1n) is 11.2. The van der Waals surface area contributed by atoms with Crippen LogP contribution in [0.3, 0.4) is 0 Å². The standard InChI is InChI=1S/C26H29N3O5/c1-16-8-5-6-10-20(16)29-21-11-7-9-18(21)25(28-29)26(31)27-19(15-24(30)34-4)17-12-13-22(32-2)23(14-17)33-3/h5-6,8,10,12-14,19H,7,9,11,15H2,1-4H3,(H,27,31). The number of hydrogen-bond donors (Lipinski definition) is 1. The second-order valence-electron chi connectivity index (χ2n) is 8.25. The molecule has 1 atom stereocenters. The number of carbonyl (C=O) groups excluding carboxylic acids is 2. The molecular formula is C26H29N3O5. The van der Waals surface area contributed by atoms with E-state index in [0.29, 0.717) is 22.8 Å². The van der Waals surface area contributed by atoms with Crippen LogP contribution in [0.1, 0.15) is 51.8 Å². The molecule has 0 radical (unpaired) electrons. The van der Waals surface area contributed by atoms with E-state index in [1.54, 1.807) is 25.3 Å². The lowest BCUT2D eigenvalue weighted by Crippen LogP contribution is -2.31. The predicted octanol–water partition coefficient (Wildman–Crippen LogP) is 3.72. The highest BCUT2D eigenvalue weighted by molar-refractivity contribution is 5.95. The maximum Gasteiger partial charge on any atom is 0.307 e. The number of ether oxygens (including phenoxy) is 3. The van der Waals surface area contributed by atoms with E-state index in [2.05, 4.69) is 5.32 Å². The molecule has 1 heterocycles. The number of aryl methyl sites for hydroxylation is 1. The van der Waals surface area contributed by atoms with Gasteiger partial charge >= 0.3 is 5.97 Å². The van der Waals surface area contributed by atoms with Crippen molar-refractivity contribution >= 4 is 11.9 Å². The molecule has 3 aromatic rings. The van der Waals surface area contributed by atoms with Crippen molar-refractivity contribution in [1.29, 1.82) is 0 Å². The molecule has 0 fully saturated rings. The van der Waals surface area contributed by atoms with Gasteiger partial charge in [0.1, 0.15) is 0 Å². The average molecular weight is 464 g/mol. The van der Waals surface area contributed by atoms with E-state index in [1.165, 1.54) is 14.2 Å². The largest absolute Gasteiger partial charge is 0.493 e. The summed E-state index contributed by atoms with van der Waals surface area (Å²) in [6.45, 7) is 2.03. The fraction of sp³-hybridized carbons (Fsp3) is 0.346. The Kier molecular flexibility index (Phi) is 6.86. The molecule has 4 rings (SSSR count). The van der Waals surface area contributed by atoms with E-state index >= 15 is 0 Å². The molecule has 1 aliphatic carbocycles. The fourth-order valence-electron chi connectivity index (χ4n) is 4.42. The molecule has 0 spiro atoms. The molecule has 0 saturated carbocycles. The molecule has 2 aromatic carbocycles. The number of carbonyl (C=O) groups is 2. The number of methoxy groups -OCH3 is 3. The summed E-state index contributed by atoms with van der Waals surface area (Å²) in [6, 6.07) is 12.7. The van der Waals surface area contributed by atoms with Crippen molar-refractivity contribution in [2.24, 2.45) is 0 Å². The van der Waals surface area contributed by atoms with Crippen LogP contribution in [0.15, 0.2) is 42.5 Å². The van der Waals surface area contributed by atoms with Crippen molar-refractivity contribution < 1.29 is 23.8 Å². The Labute approximate surface area is 198 Å². The maximum atomic E-state index is 13.5. The lowest BCUT2D eigenvalue weighted by Gasteiger charge is -2.19. The summed E-state index contributed by atoms with van der Waals surface area (Å²) in [5, 5.41) is 7.71. The van der Waals surface area contributed by atoms with E-state index in [0.717, 1.165) is 41.8 Å². The van der Waals surface area contributed by atoms with Crippen LogP contribution in [0.5, 0.6) is 11.5 Å². The molecule has 0 aliphatic heterocycles. The lowest BCUT2D eigenvalue weighted by molar-refractivity contribution is -0.141. The monoisotopic (exact) mass is 463 g/mol. The normalized spacial score (nSPS) is 13.2. The van der Waals surface area contributed by atoms with Gasteiger partial charge in [-0.25, -0.2) is 4.68 Å². The maximum absolute atomic E-state index is 13.5. The number of nitrogens with zero attached hydrogens (tertiary/aromatic N) is 2. The molecule has 1 aromatic heterocycles. The van der Waals surface area contributed by atoms with Gasteiger partial charge in [-0.05, 0) is 55.5 Å². The number of hydrogen-bond acceptors (Lipinski definition) is 6. The Bertz CT molecular complexity index is 1220. The number of amides is 1. The lowest BCUT2D eigenvalue weighted by atomic mass is 10.0. The molecule has 8 heteroatoms. The van der Waals surface area contributed by atoms with E-state index in [4.69, 9.17) is 19.3 Å². The van der Waals surface area contributed by atoms with Gasteiger partial charge in [0.25, 0.3) is 5.91 Å². The number of benzene rings is 2. The quantitative estimate of drug-likeness (QED) is 0.512. The summed E-state index contributed by atoms with van der Waals surface area (Å²) in [6.07, 6.45) is 2.60. The Morgan fingerprint density at radius 2 is 1.82 bits per heavy atom. The predicted molar refractivity (Wildman–Crippen MR) is 127 cm³/mol. The first-order chi connectivity index (χ1) is 16.5. The van der Waals surface area contributed by atoms with Crippen molar-refractivity contribution in [3.05, 3.63) is 70.5 Å². The van der Waals surface area contributed by atoms with E-state index in [1.807, 2.05) is 35.9 Å². The van der Waals surface area contributed by atoms with Gasteiger partial charge in [0.05, 0.1) is 39.5 Å². The SMILES string of the molecule is COC(=O)CC(NC(=O)c1nn(-c2ccccc2C)c2c1CCC2)c1ccc(OC)c(OC)c1. The summed E-state index contributed by atoms with van der Waals surface area (Å²) < 4.78 is 17.5. The van der Waals surface area contributed by atoms with Crippen molar-refractivity contribution in [1.82, 2.24) is 15.1 Å². The minimum absolute atomic E-state index is 0.0293. The number of aromatic nitrogens is 2. The molecule has 1 amide bonds. The van der Waals surface area contributed by atoms with E-state index in [-0.39, 0.29) is 12.3 Å². The third-order valence-corrected chi connectivity index (χ3v) is 6.20. The van der Waals surface area contributed by atoms with Gasteiger partial charge in [-0.2, -0.15) is 5.10 Å². The van der Waals surface area contributed by atoms with Crippen LogP contribution in [0.25, 0.3) is 5.69 Å². The zero-order valence-electron chi connectivity index (χ0n) is 19.9. The molecular weight excluding hydrogens is 434 g/mol. The van der Waals surface area contributed by atoms with Crippen molar-refractivity contribution in [3.63, 3.8) is 0 Å². The molecule has 1 unspecified atom stereocenters. The summed E-state index contributed by atoms with van der Waals surface area (Å²) >= 11 is 0. The topological polar surface area (TPSA) is 91.7 Å². The van der Waals surface area contributed by atoms with Gasteiger partial charge in [-0.1, -0.05) is 24.3 Å². The Morgan fingerprint density at radius 1 is 1.06 bits per heavy atom. The molecule has 34 heavy (non-hydrogen) atoms. The molecule has 1 N–H and O–H groups in total. The third-order valence-electron chi connectivity index (χ3n) is 6.20. The number of nitrogens with one attached hydrogen (secondary N) is 1. The van der Waals surface area contributed by atoms with Crippen LogP contribution in [0, 0.1) is 6.92 Å². The first-order valence-corrected chi connectivity index (χ1v) is 11.2. The summed E-state index contributed by atoms with van der Waals surface area (Å²) in [5.74, 6) is 0.308. The smallest absolute Gasteiger partial charge is 0.307 e. The number of rotatable bonds is 8. The van der Waals surface area contributed by atoms with Crippen LogP contribution >= 0.6 is 0 Å². The fourth-order valence-corrected chi connectivity index (χ4v) is 4.42. The van der Waals surface area contributed by atoms with Crippen molar-refractivity contribution in [2.45, 2.75) is 38.6 Å². The molecule has 8 nitrogen and oxygen atoms in total. The van der Waals surface area contributed by atoms with Crippen LogP contribution in [0.2, 0.25) is 0 Å². The second-order valence-corrected chi connectivity index (χ2v) is 8.25. The van der Waals surface area contributed by atoms with Crippen molar-refractivity contribution in [2.75, 3.05) is 21.3 Å². The van der Waals surface area contributed by atoms with Gasteiger partial charge in [0.2, 0.25) is 0 Å². The summed E-state index contributed by atoms with van der Waals surface area (Å²) in [4.78, 5) is 25.6. The molecule has 0 bridgehead atoms. The average Bonchev–Trinajstić information content (AvgIpc) is 3.46. The minimum atomic E-state index is -0.625. The van der Waals surface area contributed by atoms with Crippen LogP contribution in [0.4, 0.5) is 0 Å². The Hall–Kier alpha value is -3.81. The van der Waals surface area contributed by atoms with Gasteiger partial charge in [-0.3, -0.25) is 9.59 Å². The van der Waals surface area contributed by atoms with Gasteiger partial charge in [0, 0.05) is 11.3 Å². The van der Waals surface area contributed by atoms with Crippen LogP contribution in [-0.2, 0) is 22.4 Å². The van der Waals surface area contributed by atoms with Gasteiger partial charge in [0.15, 0.2) is 17.2 Å². The third kappa shape index (κ3) is 4.48. The van der Waals surface area contributed by atoms with Gasteiger partial charge in [-0.15, -0.1) is 0 Å². The highest BCUT2D eigenvalue weighted by atomic mass is 16.5. The Morgan fingerprint density at radius 3 is 2.53 bits per heavy atom. The zero-order valence-corrected chi connectivity index (χ0v) is 19.9. The number of fused-ring (bicyclic) bond motifs is 1. The van der Waals surface area contributed by atoms with E-state index in [9.17, 15) is 9.59 Å². The number of esters is 1. The van der Waals surface area contributed by atoms with Crippen LogP contribution in [-0.4, -0.2) is 43.0 Å². The zero-order chi connectivity index (χ0) is 24.2.